The Morgan fingerprint density at radius 2 is 1.68 bits per heavy atom. The van der Waals surface area contributed by atoms with Crippen LogP contribution in [0.4, 0.5) is 5.69 Å². The summed E-state index contributed by atoms with van der Waals surface area (Å²) in [5.74, 6) is -0.250. The Balaban J connectivity index is 1.22. The molecule has 0 unspecified atom stereocenters. The van der Waals surface area contributed by atoms with Crippen LogP contribution in [0.2, 0.25) is 5.02 Å². The summed E-state index contributed by atoms with van der Waals surface area (Å²) in [5, 5.41) is 7.67. The third kappa shape index (κ3) is 5.24. The second kappa shape index (κ2) is 9.66. The number of hydrogen-bond donors (Lipinski definition) is 1. The summed E-state index contributed by atoms with van der Waals surface area (Å²) in [7, 11) is 0. The van der Waals surface area contributed by atoms with E-state index in [0.29, 0.717) is 23.8 Å². The van der Waals surface area contributed by atoms with Crippen LogP contribution in [0.5, 0.6) is 0 Å². The van der Waals surface area contributed by atoms with Crippen LogP contribution >= 0.6 is 11.6 Å². The van der Waals surface area contributed by atoms with Crippen molar-refractivity contribution in [2.24, 2.45) is 0 Å². The zero-order valence-electron chi connectivity index (χ0n) is 17.1. The van der Waals surface area contributed by atoms with E-state index >= 15 is 0 Å². The van der Waals surface area contributed by atoms with Gasteiger partial charge in [-0.15, -0.1) is 0 Å². The second-order valence-corrected chi connectivity index (χ2v) is 7.77. The van der Waals surface area contributed by atoms with Crippen molar-refractivity contribution in [3.05, 3.63) is 77.6 Å². The highest BCUT2D eigenvalue weighted by Gasteiger charge is 2.21. The van der Waals surface area contributed by atoms with Gasteiger partial charge in [-0.05, 0) is 36.4 Å². The molecule has 2 aromatic carbocycles. The molecule has 0 spiro atoms. The van der Waals surface area contributed by atoms with Crippen molar-refractivity contribution in [3.63, 3.8) is 0 Å². The predicted octanol–water partition coefficient (Wildman–Crippen LogP) is 2.99. The number of carbonyl (C=O) groups is 2. The number of carbonyl (C=O) groups excluding carboxylic acids is 2. The lowest BCUT2D eigenvalue weighted by Gasteiger charge is -2.36. The van der Waals surface area contributed by atoms with Gasteiger partial charge in [0.2, 0.25) is 5.91 Å². The number of rotatable bonds is 6. The average molecular weight is 438 g/mol. The van der Waals surface area contributed by atoms with Crippen molar-refractivity contribution in [2.75, 3.05) is 37.6 Å². The lowest BCUT2D eigenvalue weighted by Crippen LogP contribution is -2.49. The van der Waals surface area contributed by atoms with E-state index in [0.717, 1.165) is 18.8 Å². The number of nitrogens with zero attached hydrogens (tertiary/aromatic N) is 4. The SMILES string of the molecule is O=C(NCCC(=O)N1CCN(c2ccccc2)CC1)c1ccn(-c2cccc(Cl)c2)n1. The first-order chi connectivity index (χ1) is 15.1. The number of nitrogens with one attached hydrogen (secondary N) is 1. The number of benzene rings is 2. The highest BCUT2D eigenvalue weighted by atomic mass is 35.5. The first-order valence-corrected chi connectivity index (χ1v) is 10.7. The van der Waals surface area contributed by atoms with Gasteiger partial charge in [-0.3, -0.25) is 9.59 Å². The van der Waals surface area contributed by atoms with Gasteiger partial charge in [0.15, 0.2) is 5.69 Å². The summed E-state index contributed by atoms with van der Waals surface area (Å²) in [6.45, 7) is 3.27. The van der Waals surface area contributed by atoms with Gasteiger partial charge in [0.25, 0.3) is 5.91 Å². The summed E-state index contributed by atoms with van der Waals surface area (Å²) < 4.78 is 1.60. The Hall–Kier alpha value is -3.32. The van der Waals surface area contributed by atoms with E-state index in [2.05, 4.69) is 27.4 Å². The van der Waals surface area contributed by atoms with Gasteiger partial charge in [0.1, 0.15) is 0 Å². The molecule has 7 nitrogen and oxygen atoms in total. The summed E-state index contributed by atoms with van der Waals surface area (Å²) in [6, 6.07) is 19.1. The van der Waals surface area contributed by atoms with E-state index < -0.39 is 0 Å². The Bertz CT molecular complexity index is 1040. The molecule has 2 amide bonds. The number of para-hydroxylation sites is 1. The molecule has 2 heterocycles. The van der Waals surface area contributed by atoms with Crippen LogP contribution in [0.25, 0.3) is 5.69 Å². The van der Waals surface area contributed by atoms with Gasteiger partial charge in [-0.2, -0.15) is 5.10 Å². The molecular weight excluding hydrogens is 414 g/mol. The molecule has 1 aliphatic heterocycles. The molecular formula is C23H24ClN5O2. The van der Waals surface area contributed by atoms with Gasteiger partial charge in [-0.1, -0.05) is 35.9 Å². The summed E-state index contributed by atoms with van der Waals surface area (Å²) in [5.41, 5.74) is 2.25. The van der Waals surface area contributed by atoms with Crippen LogP contribution < -0.4 is 10.2 Å². The average Bonchev–Trinajstić information content (AvgIpc) is 3.30. The molecule has 160 valence electrons. The molecule has 0 saturated carbocycles. The van der Waals surface area contributed by atoms with Crippen molar-refractivity contribution < 1.29 is 9.59 Å². The summed E-state index contributed by atoms with van der Waals surface area (Å²) in [6.07, 6.45) is 1.98. The number of halogens is 1. The Labute approximate surface area is 186 Å². The van der Waals surface area contributed by atoms with Crippen LogP contribution in [-0.2, 0) is 4.79 Å². The minimum absolute atomic E-state index is 0.0532. The predicted molar refractivity (Wildman–Crippen MR) is 121 cm³/mol. The third-order valence-electron chi connectivity index (χ3n) is 5.27. The maximum absolute atomic E-state index is 12.5. The van der Waals surface area contributed by atoms with Crippen LogP contribution in [0, 0.1) is 0 Å². The lowest BCUT2D eigenvalue weighted by molar-refractivity contribution is -0.131. The second-order valence-electron chi connectivity index (χ2n) is 7.33. The van der Waals surface area contributed by atoms with Crippen molar-refractivity contribution in [3.8, 4) is 5.69 Å². The normalized spacial score (nSPS) is 13.8. The maximum atomic E-state index is 12.5. The van der Waals surface area contributed by atoms with Gasteiger partial charge < -0.3 is 15.1 Å². The molecule has 1 N–H and O–H groups in total. The Morgan fingerprint density at radius 1 is 0.935 bits per heavy atom. The molecule has 1 saturated heterocycles. The van der Waals surface area contributed by atoms with Gasteiger partial charge in [-0.25, -0.2) is 4.68 Å². The number of hydrogen-bond acceptors (Lipinski definition) is 4. The molecule has 8 heteroatoms. The molecule has 1 aliphatic rings. The lowest BCUT2D eigenvalue weighted by atomic mass is 10.2. The zero-order valence-corrected chi connectivity index (χ0v) is 17.8. The smallest absolute Gasteiger partial charge is 0.271 e. The first-order valence-electron chi connectivity index (χ1n) is 10.3. The van der Waals surface area contributed by atoms with Gasteiger partial charge in [0, 0.05) is 56.1 Å². The minimum atomic E-state index is -0.303. The number of anilines is 1. The van der Waals surface area contributed by atoms with Crippen LogP contribution in [-0.4, -0.2) is 59.2 Å². The standard InChI is InChI=1S/C23H24ClN5O2/c24-18-5-4-8-20(17-18)29-12-10-21(26-29)23(31)25-11-9-22(30)28-15-13-27(14-16-28)19-6-2-1-3-7-19/h1-8,10,12,17H,9,11,13-16H2,(H,25,31). The van der Waals surface area contributed by atoms with Crippen molar-refractivity contribution in [2.45, 2.75) is 6.42 Å². The Morgan fingerprint density at radius 3 is 2.42 bits per heavy atom. The van der Waals surface area contributed by atoms with Crippen LogP contribution in [0.3, 0.4) is 0 Å². The third-order valence-corrected chi connectivity index (χ3v) is 5.51. The molecule has 4 rings (SSSR count). The number of aromatic nitrogens is 2. The van der Waals surface area contributed by atoms with Gasteiger partial charge >= 0.3 is 0 Å². The zero-order chi connectivity index (χ0) is 21.6. The van der Waals surface area contributed by atoms with Crippen molar-refractivity contribution in [1.82, 2.24) is 20.0 Å². The van der Waals surface area contributed by atoms with Crippen LogP contribution in [0.1, 0.15) is 16.9 Å². The molecule has 1 fully saturated rings. The van der Waals surface area contributed by atoms with Crippen molar-refractivity contribution >= 4 is 29.1 Å². The quantitative estimate of drug-likeness (QED) is 0.643. The largest absolute Gasteiger partial charge is 0.368 e. The fourth-order valence-corrected chi connectivity index (χ4v) is 3.78. The molecule has 0 radical (unpaired) electrons. The number of amides is 2. The van der Waals surface area contributed by atoms with Gasteiger partial charge in [0.05, 0.1) is 5.69 Å². The van der Waals surface area contributed by atoms with E-state index in [1.54, 1.807) is 29.1 Å². The van der Waals surface area contributed by atoms with E-state index in [9.17, 15) is 9.59 Å². The number of piperazine rings is 1. The molecule has 0 atom stereocenters. The summed E-state index contributed by atoms with van der Waals surface area (Å²) >= 11 is 6.01. The molecule has 3 aromatic rings. The topological polar surface area (TPSA) is 70.5 Å². The molecule has 31 heavy (non-hydrogen) atoms. The van der Waals surface area contributed by atoms with Crippen molar-refractivity contribution in [1.29, 1.82) is 0 Å². The molecule has 0 bridgehead atoms. The van der Waals surface area contributed by atoms with E-state index in [1.807, 2.05) is 35.2 Å². The summed E-state index contributed by atoms with van der Waals surface area (Å²) in [4.78, 5) is 29.0. The fourth-order valence-electron chi connectivity index (χ4n) is 3.59. The maximum Gasteiger partial charge on any atom is 0.271 e. The molecule has 1 aromatic heterocycles. The monoisotopic (exact) mass is 437 g/mol. The van der Waals surface area contributed by atoms with Crippen LogP contribution in [0.15, 0.2) is 66.9 Å². The van der Waals surface area contributed by atoms with E-state index in [-0.39, 0.29) is 24.8 Å². The Kier molecular flexibility index (Phi) is 6.52. The highest BCUT2D eigenvalue weighted by molar-refractivity contribution is 6.30. The first kappa shape index (κ1) is 20.9. The van der Waals surface area contributed by atoms with E-state index in [4.69, 9.17) is 11.6 Å². The molecule has 0 aliphatic carbocycles. The highest BCUT2D eigenvalue weighted by Crippen LogP contribution is 2.16. The van der Waals surface area contributed by atoms with E-state index in [1.165, 1.54) is 5.69 Å². The fraction of sp³-hybridized carbons (Fsp3) is 0.261. The minimum Gasteiger partial charge on any atom is -0.368 e.